The minimum atomic E-state index is 0.598. The van der Waals surface area contributed by atoms with Gasteiger partial charge >= 0.3 is 0 Å². The van der Waals surface area contributed by atoms with E-state index in [1.165, 1.54) is 38.8 Å². The molecule has 1 heterocycles. The van der Waals surface area contributed by atoms with Gasteiger partial charge in [-0.2, -0.15) is 5.26 Å². The molecule has 15 heavy (non-hydrogen) atoms. The van der Waals surface area contributed by atoms with E-state index in [2.05, 4.69) is 24.8 Å². The van der Waals surface area contributed by atoms with Crippen LogP contribution in [0, 0.1) is 16.7 Å². The fourth-order valence-corrected chi connectivity index (χ4v) is 2.55. The lowest BCUT2D eigenvalue weighted by molar-refractivity contribution is 0.109. The monoisotopic (exact) mass is 208 g/mol. The molecule has 0 aromatic carbocycles. The largest absolute Gasteiger partial charge is 0.303 e. The molecular weight excluding hydrogens is 184 g/mol. The summed E-state index contributed by atoms with van der Waals surface area (Å²) in [5.41, 5.74) is 0.598. The average molecular weight is 208 g/mol. The number of rotatable bonds is 5. The third kappa shape index (κ3) is 4.22. The first kappa shape index (κ1) is 12.5. The summed E-state index contributed by atoms with van der Waals surface area (Å²) in [5.74, 6) is 0. The predicted octanol–water partition coefficient (Wildman–Crippen LogP) is 3.19. The number of nitrogens with zero attached hydrogens (tertiary/aromatic N) is 2. The van der Waals surface area contributed by atoms with Gasteiger partial charge in [0.1, 0.15) is 0 Å². The Morgan fingerprint density at radius 1 is 1.33 bits per heavy atom. The zero-order valence-corrected chi connectivity index (χ0v) is 10.3. The van der Waals surface area contributed by atoms with Crippen LogP contribution >= 0.6 is 0 Å². The van der Waals surface area contributed by atoms with Crippen molar-refractivity contribution in [1.29, 1.82) is 5.26 Å². The van der Waals surface area contributed by atoms with Crippen molar-refractivity contribution in [3.05, 3.63) is 0 Å². The molecule has 0 spiro atoms. The van der Waals surface area contributed by atoms with Crippen molar-refractivity contribution in [3.63, 3.8) is 0 Å². The topological polar surface area (TPSA) is 27.0 Å². The predicted molar refractivity (Wildman–Crippen MR) is 63.5 cm³/mol. The highest BCUT2D eigenvalue weighted by molar-refractivity contribution is 4.82. The van der Waals surface area contributed by atoms with Crippen molar-refractivity contribution in [2.75, 3.05) is 19.6 Å². The third-order valence-electron chi connectivity index (χ3n) is 3.68. The number of nitriles is 1. The van der Waals surface area contributed by atoms with Gasteiger partial charge in [-0.25, -0.2) is 0 Å². The van der Waals surface area contributed by atoms with Crippen LogP contribution in [0.15, 0.2) is 0 Å². The molecule has 1 saturated heterocycles. The highest BCUT2D eigenvalue weighted by atomic mass is 15.1. The van der Waals surface area contributed by atoms with Gasteiger partial charge in [0.2, 0.25) is 0 Å². The van der Waals surface area contributed by atoms with Crippen LogP contribution in [0.5, 0.6) is 0 Å². The molecule has 1 fully saturated rings. The molecule has 0 aromatic heterocycles. The van der Waals surface area contributed by atoms with Crippen molar-refractivity contribution in [3.8, 4) is 6.07 Å². The lowest BCUT2D eigenvalue weighted by Crippen LogP contribution is -2.39. The Morgan fingerprint density at radius 3 is 2.53 bits per heavy atom. The molecule has 1 rings (SSSR count). The Hall–Kier alpha value is -0.550. The third-order valence-corrected chi connectivity index (χ3v) is 3.68. The lowest BCUT2D eigenvalue weighted by atomic mass is 9.77. The van der Waals surface area contributed by atoms with Crippen molar-refractivity contribution in [2.24, 2.45) is 5.41 Å². The molecule has 0 radical (unpaired) electrons. The Balaban J connectivity index is 2.21. The molecule has 0 aliphatic carbocycles. The number of piperidine rings is 1. The van der Waals surface area contributed by atoms with Crippen LogP contribution < -0.4 is 0 Å². The Morgan fingerprint density at radius 2 is 2.00 bits per heavy atom. The molecule has 0 unspecified atom stereocenters. The minimum Gasteiger partial charge on any atom is -0.303 e. The summed E-state index contributed by atoms with van der Waals surface area (Å²) in [6.07, 6.45) is 7.12. The minimum absolute atomic E-state index is 0.598. The second-order valence-electron chi connectivity index (χ2n) is 5.16. The van der Waals surface area contributed by atoms with Crippen LogP contribution in [-0.4, -0.2) is 24.5 Å². The Kier molecular flexibility index (Phi) is 5.11. The lowest BCUT2D eigenvalue weighted by Gasteiger charge is -2.39. The number of unbranched alkanes of at least 4 members (excludes halogenated alkanes) is 1. The normalized spacial score (nSPS) is 21.1. The number of hydrogen-bond acceptors (Lipinski definition) is 2. The molecule has 2 heteroatoms. The maximum atomic E-state index is 8.48. The van der Waals surface area contributed by atoms with Gasteiger partial charge in [-0.05, 0) is 50.7 Å². The summed E-state index contributed by atoms with van der Waals surface area (Å²) in [6, 6.07) is 2.22. The van der Waals surface area contributed by atoms with Crippen LogP contribution in [0.3, 0.4) is 0 Å². The van der Waals surface area contributed by atoms with E-state index in [1.54, 1.807) is 0 Å². The molecule has 0 atom stereocenters. The molecule has 86 valence electrons. The molecule has 0 amide bonds. The first-order chi connectivity index (χ1) is 7.20. The van der Waals surface area contributed by atoms with E-state index in [-0.39, 0.29) is 0 Å². The zero-order chi connectivity index (χ0) is 11.1. The maximum absolute atomic E-state index is 8.48. The van der Waals surface area contributed by atoms with E-state index < -0.39 is 0 Å². The van der Waals surface area contributed by atoms with Gasteiger partial charge in [0, 0.05) is 6.42 Å². The van der Waals surface area contributed by atoms with Gasteiger partial charge in [-0.3, -0.25) is 0 Å². The highest BCUT2D eigenvalue weighted by Crippen LogP contribution is 2.35. The van der Waals surface area contributed by atoms with Crippen LogP contribution in [0.25, 0.3) is 0 Å². The summed E-state index contributed by atoms with van der Waals surface area (Å²) in [5, 5.41) is 8.48. The van der Waals surface area contributed by atoms with Crippen molar-refractivity contribution < 1.29 is 0 Å². The van der Waals surface area contributed by atoms with E-state index >= 15 is 0 Å². The molecule has 1 aliphatic rings. The van der Waals surface area contributed by atoms with Crippen molar-refractivity contribution in [1.82, 2.24) is 4.90 Å². The second kappa shape index (κ2) is 6.12. The van der Waals surface area contributed by atoms with E-state index in [4.69, 9.17) is 5.26 Å². The average Bonchev–Trinajstić information content (AvgIpc) is 2.22. The van der Waals surface area contributed by atoms with E-state index in [0.717, 1.165) is 13.0 Å². The number of likely N-dealkylation sites (tertiary alicyclic amines) is 1. The Bertz CT molecular complexity index is 209. The highest BCUT2D eigenvalue weighted by Gasteiger charge is 2.28. The quantitative estimate of drug-likeness (QED) is 0.649. The first-order valence-corrected chi connectivity index (χ1v) is 6.29. The summed E-state index contributed by atoms with van der Waals surface area (Å²) in [4.78, 5) is 2.52. The van der Waals surface area contributed by atoms with Gasteiger partial charge in [0.25, 0.3) is 0 Å². The Labute approximate surface area is 94.3 Å². The van der Waals surface area contributed by atoms with E-state index in [9.17, 15) is 0 Å². The summed E-state index contributed by atoms with van der Waals surface area (Å²) in [6.45, 7) is 8.31. The van der Waals surface area contributed by atoms with Crippen LogP contribution in [0.1, 0.15) is 52.4 Å². The number of hydrogen-bond donors (Lipinski definition) is 0. The molecule has 2 nitrogen and oxygen atoms in total. The smallest absolute Gasteiger partial charge is 0.0622 e. The van der Waals surface area contributed by atoms with Crippen LogP contribution in [0.4, 0.5) is 0 Å². The van der Waals surface area contributed by atoms with E-state index in [0.29, 0.717) is 11.8 Å². The first-order valence-electron chi connectivity index (χ1n) is 6.29. The molecular formula is C13H24N2. The van der Waals surface area contributed by atoms with E-state index in [1.807, 2.05) is 0 Å². The fraction of sp³-hybridized carbons (Fsp3) is 0.923. The van der Waals surface area contributed by atoms with Crippen molar-refractivity contribution in [2.45, 2.75) is 52.4 Å². The fourth-order valence-electron chi connectivity index (χ4n) is 2.55. The summed E-state index contributed by atoms with van der Waals surface area (Å²) >= 11 is 0. The zero-order valence-electron chi connectivity index (χ0n) is 10.3. The van der Waals surface area contributed by atoms with Crippen molar-refractivity contribution >= 4 is 0 Å². The van der Waals surface area contributed by atoms with Crippen LogP contribution in [-0.2, 0) is 0 Å². The van der Waals surface area contributed by atoms with Crippen LogP contribution in [0.2, 0.25) is 0 Å². The summed E-state index contributed by atoms with van der Waals surface area (Å²) < 4.78 is 0. The molecule has 0 bridgehead atoms. The van der Waals surface area contributed by atoms with Gasteiger partial charge in [0.15, 0.2) is 0 Å². The summed E-state index contributed by atoms with van der Waals surface area (Å²) in [7, 11) is 0. The maximum Gasteiger partial charge on any atom is 0.0622 e. The standard InChI is InChI=1S/C13H24N2/c1-3-6-13(2)7-11-15(12-8-13)10-5-4-9-14/h3-8,10-12H2,1-2H3. The molecule has 0 N–H and O–H groups in total. The molecule has 0 aromatic rings. The SMILES string of the molecule is CCCC1(C)CCN(CCCC#N)CC1. The second-order valence-corrected chi connectivity index (χ2v) is 5.16. The van der Waals surface area contributed by atoms with Gasteiger partial charge < -0.3 is 4.90 Å². The van der Waals surface area contributed by atoms with Gasteiger partial charge in [-0.1, -0.05) is 20.3 Å². The van der Waals surface area contributed by atoms with Gasteiger partial charge in [0.05, 0.1) is 6.07 Å². The molecule has 0 saturated carbocycles. The molecule has 1 aliphatic heterocycles. The van der Waals surface area contributed by atoms with Gasteiger partial charge in [-0.15, -0.1) is 0 Å².